The lowest BCUT2D eigenvalue weighted by molar-refractivity contribution is -0.156. The Kier molecular flexibility index (Phi) is 27.1. The highest BCUT2D eigenvalue weighted by molar-refractivity contribution is 5.95. The molecule has 1 heterocycles. The Hall–Kier alpha value is -5.90. The maximum atomic E-state index is 13.8. The van der Waals surface area contributed by atoms with Crippen LogP contribution in [-0.4, -0.2) is 159 Å². The number of ether oxygens (including phenoxy) is 1. The van der Waals surface area contributed by atoms with E-state index in [0.29, 0.717) is 5.56 Å². The molecule has 2 rings (SSSR count). The van der Waals surface area contributed by atoms with Gasteiger partial charge in [-0.15, -0.1) is 0 Å². The van der Waals surface area contributed by atoms with Gasteiger partial charge < -0.3 is 67.1 Å². The summed E-state index contributed by atoms with van der Waals surface area (Å²) in [5.41, 5.74) is 0.598. The Morgan fingerprint density at radius 2 is 1.34 bits per heavy atom. The second-order valence-corrected chi connectivity index (χ2v) is 19.0. The zero-order chi connectivity index (χ0) is 53.4. The molecule has 1 aromatic carbocycles. The largest absolute Gasteiger partial charge is 0.508 e. The number of hydrogen-bond donors (Lipinski definition) is 11. The number of allylic oxidation sites excluding steroid dienone is 1. The van der Waals surface area contributed by atoms with Crippen LogP contribution in [0.4, 0.5) is 0 Å². The first-order valence-corrected chi connectivity index (χ1v) is 24.4. The lowest BCUT2D eigenvalue weighted by Gasteiger charge is -2.32. The van der Waals surface area contributed by atoms with Crippen molar-refractivity contribution in [1.29, 1.82) is 0 Å². The van der Waals surface area contributed by atoms with Crippen molar-refractivity contribution < 1.29 is 68.6 Å². The maximum absolute atomic E-state index is 13.8. The highest BCUT2D eigenvalue weighted by Gasteiger charge is 2.37. The van der Waals surface area contributed by atoms with Crippen molar-refractivity contribution in [3.63, 3.8) is 0 Å². The molecule has 9 atom stereocenters. The van der Waals surface area contributed by atoms with Gasteiger partial charge in [0.1, 0.15) is 36.5 Å². The predicted molar refractivity (Wildman–Crippen MR) is 263 cm³/mol. The van der Waals surface area contributed by atoms with Gasteiger partial charge in [0.15, 0.2) is 0 Å². The molecular formula is C50H79N7O14. The average molecular weight is 1000 g/mol. The van der Waals surface area contributed by atoms with Crippen molar-refractivity contribution in [3.8, 4) is 5.75 Å². The Morgan fingerprint density at radius 3 is 1.87 bits per heavy atom. The minimum Gasteiger partial charge on any atom is -0.508 e. The van der Waals surface area contributed by atoms with Gasteiger partial charge >= 0.3 is 5.97 Å². The molecular weight excluding hydrogens is 923 g/mol. The van der Waals surface area contributed by atoms with E-state index in [1.54, 1.807) is 59.8 Å². The number of esters is 1. The highest BCUT2D eigenvalue weighted by atomic mass is 16.5. The number of cyclic esters (lactones) is 1. The number of unbranched alkanes of at least 4 members (excludes halogenated alkanes) is 4. The molecule has 11 N–H and O–H groups in total. The first-order valence-electron chi connectivity index (χ1n) is 24.4. The van der Waals surface area contributed by atoms with Gasteiger partial charge in [0, 0.05) is 26.0 Å². The van der Waals surface area contributed by atoms with Crippen molar-refractivity contribution >= 4 is 47.3 Å². The smallest absolute Gasteiger partial charge is 0.329 e. The molecule has 1 aliphatic rings. The van der Waals surface area contributed by atoms with Crippen LogP contribution in [0.5, 0.6) is 5.75 Å². The van der Waals surface area contributed by atoms with Crippen LogP contribution in [0.25, 0.3) is 0 Å². The number of aromatic hydroxyl groups is 1. The number of phenolic OH excluding ortho intramolecular Hbond substituents is 1. The van der Waals surface area contributed by atoms with Gasteiger partial charge in [-0.25, -0.2) is 4.79 Å². The summed E-state index contributed by atoms with van der Waals surface area (Å²) in [6, 6.07) is -2.37. The second-order valence-electron chi connectivity index (χ2n) is 19.0. The summed E-state index contributed by atoms with van der Waals surface area (Å²) in [7, 11) is 1.41. The number of rotatable bonds is 27. The number of nitrogens with zero attached hydrogens (tertiary/aromatic N) is 1. The van der Waals surface area contributed by atoms with Crippen molar-refractivity contribution in [2.75, 3.05) is 26.9 Å². The molecule has 398 valence electrons. The molecule has 7 amide bonds. The highest BCUT2D eigenvalue weighted by Crippen LogP contribution is 2.18. The normalized spacial score (nSPS) is 19.8. The van der Waals surface area contributed by atoms with Crippen molar-refractivity contribution in [1.82, 2.24) is 36.8 Å². The predicted octanol–water partition coefficient (Wildman–Crippen LogP) is 0.155. The van der Waals surface area contributed by atoms with Gasteiger partial charge in [-0.05, 0) is 48.3 Å². The van der Waals surface area contributed by atoms with Crippen LogP contribution < -0.4 is 31.9 Å². The topological polar surface area (TPSA) is 322 Å². The molecule has 0 aliphatic carbocycles. The molecule has 1 aliphatic heterocycles. The molecule has 0 radical (unpaired) electrons. The number of nitrogens with one attached hydrogen (secondary N) is 6. The fourth-order valence-corrected chi connectivity index (χ4v) is 7.47. The molecule has 0 aromatic heterocycles. The fraction of sp³-hybridized carbons (Fsp3) is 0.640. The number of aliphatic hydroxyl groups is 4. The van der Waals surface area contributed by atoms with Gasteiger partial charge in [0.05, 0.1) is 56.4 Å². The standard InChI is InChI=1S/C50H79N7O14/c1-9-10-11-12-13-14-15-16-40(63)52-35(26-58)38(61)24-42(65)56-45(30(4)5)48(68)53-36(27-59)39(62)25-43(66)55-44(29(2)3)47(67)51-33-19-22-41(64)54-46(31(6)7)49(69)57(8)37(50(70)71-28-33)23-32-17-20-34(60)21-18-32/h14-15,17-22,29-31,33,35-39,44-46,58-62H,9-13,16,23-28H2,1-8H3,(H,51,67)(H,52,63)(H,53,68)(H,54,64)(H,55,66)(H,56,65)/b15-14-,22-19-/t33?,35-,36-,37?,38-,39-,44-,45-,46-/m0/s1. The Balaban J connectivity index is 2.11. The third kappa shape index (κ3) is 21.6. The van der Waals surface area contributed by atoms with E-state index < -0.39 is 152 Å². The van der Waals surface area contributed by atoms with E-state index in [4.69, 9.17) is 4.74 Å². The number of benzene rings is 1. The number of hydrogen-bond acceptors (Lipinski definition) is 14. The molecule has 21 nitrogen and oxygen atoms in total. The quantitative estimate of drug-likeness (QED) is 0.0318. The van der Waals surface area contributed by atoms with Gasteiger partial charge in [0.2, 0.25) is 41.4 Å². The third-order valence-corrected chi connectivity index (χ3v) is 11.9. The summed E-state index contributed by atoms with van der Waals surface area (Å²) >= 11 is 0. The van der Waals surface area contributed by atoms with E-state index in [9.17, 15) is 63.9 Å². The molecule has 71 heavy (non-hydrogen) atoms. The van der Waals surface area contributed by atoms with Crippen molar-refractivity contribution in [3.05, 3.63) is 54.1 Å². The summed E-state index contributed by atoms with van der Waals surface area (Å²) in [6.45, 7) is 10.1. The van der Waals surface area contributed by atoms with E-state index in [-0.39, 0.29) is 18.6 Å². The molecule has 0 saturated carbocycles. The van der Waals surface area contributed by atoms with E-state index in [1.165, 1.54) is 30.2 Å². The Bertz CT molecular complexity index is 1960. The Morgan fingerprint density at radius 1 is 0.775 bits per heavy atom. The van der Waals surface area contributed by atoms with Crippen LogP contribution in [0, 0.1) is 17.8 Å². The molecule has 0 saturated heterocycles. The summed E-state index contributed by atoms with van der Waals surface area (Å²) in [5.74, 6) is -7.22. The van der Waals surface area contributed by atoms with Gasteiger partial charge in [-0.2, -0.15) is 0 Å². The monoisotopic (exact) mass is 1000 g/mol. The number of aliphatic hydroxyl groups excluding tert-OH is 4. The zero-order valence-corrected chi connectivity index (χ0v) is 42.4. The minimum atomic E-state index is -1.70. The SMILES string of the molecule is CCCCCC/C=C\CC(=O)N[C@@H](CO)[C@@H](O)CC(=O)N[C@H](C(=O)N[C@@H](CO)[C@@H](O)CC(=O)N[C@H](C(=O)NC1/C=C\C(=O)N[C@@H](C(C)C)C(=O)N(C)C(Cc2ccc(O)cc2)C(=O)OC1)C(C)C)C(C)C. The minimum absolute atomic E-state index is 0.00127. The second kappa shape index (κ2) is 31.4. The summed E-state index contributed by atoms with van der Waals surface area (Å²) in [5, 5.41) is 66.8. The van der Waals surface area contributed by atoms with E-state index in [1.807, 2.05) is 6.08 Å². The van der Waals surface area contributed by atoms with E-state index in [2.05, 4.69) is 38.8 Å². The van der Waals surface area contributed by atoms with Gasteiger partial charge in [-0.1, -0.05) is 98.1 Å². The van der Waals surface area contributed by atoms with Crippen LogP contribution in [0.2, 0.25) is 0 Å². The van der Waals surface area contributed by atoms with Crippen LogP contribution in [0.3, 0.4) is 0 Å². The zero-order valence-electron chi connectivity index (χ0n) is 42.4. The molecule has 0 bridgehead atoms. The summed E-state index contributed by atoms with van der Waals surface area (Å²) in [4.78, 5) is 108. The summed E-state index contributed by atoms with van der Waals surface area (Å²) < 4.78 is 5.63. The van der Waals surface area contributed by atoms with Gasteiger partial charge in [0.25, 0.3) is 0 Å². The molecule has 0 fully saturated rings. The van der Waals surface area contributed by atoms with Crippen LogP contribution >= 0.6 is 0 Å². The summed E-state index contributed by atoms with van der Waals surface area (Å²) in [6.07, 6.45) is 6.61. The first kappa shape index (κ1) is 61.2. The molecule has 0 spiro atoms. The van der Waals surface area contributed by atoms with Crippen LogP contribution in [-0.2, 0) is 49.5 Å². The first-order chi connectivity index (χ1) is 33.5. The lowest BCUT2D eigenvalue weighted by atomic mass is 9.99. The number of likely N-dealkylation sites (N-methyl/N-ethyl adjacent to an activating group) is 1. The Labute approximate surface area is 417 Å². The maximum Gasteiger partial charge on any atom is 0.329 e. The number of phenols is 1. The lowest BCUT2D eigenvalue weighted by Crippen LogP contribution is -2.57. The van der Waals surface area contributed by atoms with Crippen molar-refractivity contribution in [2.24, 2.45) is 17.8 Å². The van der Waals surface area contributed by atoms with E-state index >= 15 is 0 Å². The van der Waals surface area contributed by atoms with Crippen LogP contribution in [0.15, 0.2) is 48.6 Å². The molecule has 21 heteroatoms. The fourth-order valence-electron chi connectivity index (χ4n) is 7.47. The van der Waals surface area contributed by atoms with E-state index in [0.717, 1.165) is 38.2 Å². The molecule has 2 unspecified atom stereocenters. The number of amides is 7. The average Bonchev–Trinajstić information content (AvgIpc) is 3.31. The van der Waals surface area contributed by atoms with Crippen molar-refractivity contribution in [2.45, 2.75) is 161 Å². The van der Waals surface area contributed by atoms with Gasteiger partial charge in [-0.3, -0.25) is 33.6 Å². The third-order valence-electron chi connectivity index (χ3n) is 11.9. The molecule has 1 aromatic rings. The number of carbonyl (C=O) groups is 8. The van der Waals surface area contributed by atoms with Crippen LogP contribution in [0.1, 0.15) is 105 Å². The number of carbonyl (C=O) groups excluding carboxylic acids is 8.